The predicted molar refractivity (Wildman–Crippen MR) is 88.2 cm³/mol. The van der Waals surface area contributed by atoms with E-state index < -0.39 is 6.09 Å². The van der Waals surface area contributed by atoms with Crippen molar-refractivity contribution in [2.24, 2.45) is 0 Å². The van der Waals surface area contributed by atoms with E-state index in [0.717, 1.165) is 11.1 Å². The minimum absolute atomic E-state index is 0.204. The maximum Gasteiger partial charge on any atom is 0.407 e. The highest BCUT2D eigenvalue weighted by Gasteiger charge is 2.14. The maximum atomic E-state index is 12.0. The molecule has 0 heterocycles. The molecule has 3 N–H and O–H groups in total. The van der Waals surface area contributed by atoms with Crippen LogP contribution in [0.3, 0.4) is 0 Å². The monoisotopic (exact) mass is 296 g/mol. The molecule has 4 heteroatoms. The van der Waals surface area contributed by atoms with Gasteiger partial charge in [-0.05, 0) is 29.7 Å². The molecule has 0 fully saturated rings. The van der Waals surface area contributed by atoms with Crippen LogP contribution >= 0.6 is 0 Å². The molecule has 0 aliphatic heterocycles. The van der Waals surface area contributed by atoms with Gasteiger partial charge in [0.05, 0.1) is 6.04 Å². The minimum atomic E-state index is -0.460. The topological polar surface area (TPSA) is 64.3 Å². The molecule has 22 heavy (non-hydrogen) atoms. The molecule has 2 aromatic carbocycles. The molecule has 0 aliphatic carbocycles. The van der Waals surface area contributed by atoms with Gasteiger partial charge < -0.3 is 15.8 Å². The zero-order chi connectivity index (χ0) is 15.8. The SMILES string of the molecule is C=CC[C@H](NC(=O)OCc1ccccc1)c1cccc(N)c1. The van der Waals surface area contributed by atoms with Crippen LogP contribution in [0.1, 0.15) is 23.6 Å². The molecular formula is C18H20N2O2. The van der Waals surface area contributed by atoms with Gasteiger partial charge in [-0.2, -0.15) is 0 Å². The van der Waals surface area contributed by atoms with Gasteiger partial charge in [0.15, 0.2) is 0 Å². The fourth-order valence-electron chi connectivity index (χ4n) is 2.13. The van der Waals surface area contributed by atoms with E-state index in [1.165, 1.54) is 0 Å². The summed E-state index contributed by atoms with van der Waals surface area (Å²) in [5.74, 6) is 0. The Hall–Kier alpha value is -2.75. The van der Waals surface area contributed by atoms with Crippen molar-refractivity contribution in [3.8, 4) is 0 Å². The summed E-state index contributed by atoms with van der Waals surface area (Å²) >= 11 is 0. The second-order valence-electron chi connectivity index (χ2n) is 4.95. The number of ether oxygens (including phenoxy) is 1. The number of nitrogens with two attached hydrogens (primary N) is 1. The van der Waals surface area contributed by atoms with Gasteiger partial charge in [0.25, 0.3) is 0 Å². The molecule has 0 unspecified atom stereocenters. The normalized spacial score (nSPS) is 11.5. The molecule has 1 amide bonds. The zero-order valence-corrected chi connectivity index (χ0v) is 12.4. The second-order valence-corrected chi connectivity index (χ2v) is 4.95. The predicted octanol–water partition coefficient (Wildman–Crippen LogP) is 3.81. The number of carbonyl (C=O) groups excluding carboxylic acids is 1. The molecule has 0 radical (unpaired) electrons. The lowest BCUT2D eigenvalue weighted by Crippen LogP contribution is -2.28. The Morgan fingerprint density at radius 2 is 2.00 bits per heavy atom. The van der Waals surface area contributed by atoms with Gasteiger partial charge in [0.2, 0.25) is 0 Å². The van der Waals surface area contributed by atoms with Crippen molar-refractivity contribution in [1.82, 2.24) is 5.32 Å². The zero-order valence-electron chi connectivity index (χ0n) is 12.4. The van der Waals surface area contributed by atoms with E-state index in [0.29, 0.717) is 12.1 Å². The smallest absolute Gasteiger partial charge is 0.407 e. The first-order valence-electron chi connectivity index (χ1n) is 7.12. The van der Waals surface area contributed by atoms with Gasteiger partial charge >= 0.3 is 6.09 Å². The number of benzene rings is 2. The summed E-state index contributed by atoms with van der Waals surface area (Å²) in [7, 11) is 0. The Balaban J connectivity index is 1.95. The summed E-state index contributed by atoms with van der Waals surface area (Å²) in [4.78, 5) is 12.0. The van der Waals surface area contributed by atoms with Crippen molar-refractivity contribution in [2.45, 2.75) is 19.1 Å². The van der Waals surface area contributed by atoms with E-state index in [1.54, 1.807) is 6.08 Å². The summed E-state index contributed by atoms with van der Waals surface area (Å²) in [6.45, 7) is 3.97. The van der Waals surface area contributed by atoms with Crippen molar-refractivity contribution >= 4 is 11.8 Å². The highest BCUT2D eigenvalue weighted by molar-refractivity contribution is 5.68. The number of nitrogens with one attached hydrogen (secondary N) is 1. The van der Waals surface area contributed by atoms with E-state index in [9.17, 15) is 4.79 Å². The van der Waals surface area contributed by atoms with E-state index in [4.69, 9.17) is 10.5 Å². The quantitative estimate of drug-likeness (QED) is 0.629. The summed E-state index contributed by atoms with van der Waals surface area (Å²) < 4.78 is 5.24. The van der Waals surface area contributed by atoms with Crippen LogP contribution in [0, 0.1) is 0 Å². The van der Waals surface area contributed by atoms with Crippen LogP contribution in [-0.2, 0) is 11.3 Å². The molecule has 0 spiro atoms. The van der Waals surface area contributed by atoms with E-state index in [1.807, 2.05) is 54.6 Å². The molecule has 114 valence electrons. The third-order valence-corrected chi connectivity index (χ3v) is 3.22. The Morgan fingerprint density at radius 1 is 1.23 bits per heavy atom. The summed E-state index contributed by atoms with van der Waals surface area (Å²) in [6.07, 6.45) is 1.90. The fourth-order valence-corrected chi connectivity index (χ4v) is 2.13. The third kappa shape index (κ3) is 4.66. The Morgan fingerprint density at radius 3 is 2.68 bits per heavy atom. The molecular weight excluding hydrogens is 276 g/mol. The van der Waals surface area contributed by atoms with Crippen LogP contribution in [0.5, 0.6) is 0 Å². The molecule has 4 nitrogen and oxygen atoms in total. The van der Waals surface area contributed by atoms with Crippen molar-refractivity contribution in [3.63, 3.8) is 0 Å². The van der Waals surface area contributed by atoms with E-state index >= 15 is 0 Å². The van der Waals surface area contributed by atoms with Crippen LogP contribution in [0.4, 0.5) is 10.5 Å². The number of amides is 1. The molecule has 0 saturated heterocycles. The van der Waals surface area contributed by atoms with Crippen molar-refractivity contribution in [1.29, 1.82) is 0 Å². The lowest BCUT2D eigenvalue weighted by Gasteiger charge is -2.18. The summed E-state index contributed by atoms with van der Waals surface area (Å²) in [5, 5.41) is 2.84. The Bertz CT molecular complexity index is 626. The third-order valence-electron chi connectivity index (χ3n) is 3.22. The van der Waals surface area contributed by atoms with Gasteiger partial charge in [-0.1, -0.05) is 48.5 Å². The fraction of sp³-hybridized carbons (Fsp3) is 0.167. The number of hydrogen-bond donors (Lipinski definition) is 2. The van der Waals surface area contributed by atoms with Gasteiger partial charge in [-0.15, -0.1) is 6.58 Å². The molecule has 2 aromatic rings. The lowest BCUT2D eigenvalue weighted by molar-refractivity contribution is 0.135. The van der Waals surface area contributed by atoms with Gasteiger partial charge in [0.1, 0.15) is 6.61 Å². The molecule has 0 aromatic heterocycles. The average molecular weight is 296 g/mol. The van der Waals surface area contributed by atoms with Crippen molar-refractivity contribution < 1.29 is 9.53 Å². The Kier molecular flexibility index (Phi) is 5.60. The molecule has 0 bridgehead atoms. The largest absolute Gasteiger partial charge is 0.445 e. The van der Waals surface area contributed by atoms with Crippen LogP contribution < -0.4 is 11.1 Å². The van der Waals surface area contributed by atoms with Gasteiger partial charge in [-0.3, -0.25) is 0 Å². The highest BCUT2D eigenvalue weighted by Crippen LogP contribution is 2.19. The maximum absolute atomic E-state index is 12.0. The van der Waals surface area contributed by atoms with Gasteiger partial charge in [-0.25, -0.2) is 4.79 Å². The van der Waals surface area contributed by atoms with Crippen LogP contribution in [-0.4, -0.2) is 6.09 Å². The van der Waals surface area contributed by atoms with Crippen molar-refractivity contribution in [2.75, 3.05) is 5.73 Å². The number of anilines is 1. The number of carbonyl (C=O) groups is 1. The van der Waals surface area contributed by atoms with Gasteiger partial charge in [0, 0.05) is 5.69 Å². The number of hydrogen-bond acceptors (Lipinski definition) is 3. The average Bonchev–Trinajstić information content (AvgIpc) is 2.53. The van der Waals surface area contributed by atoms with E-state index in [2.05, 4.69) is 11.9 Å². The first-order chi connectivity index (χ1) is 10.7. The van der Waals surface area contributed by atoms with Crippen LogP contribution in [0.2, 0.25) is 0 Å². The second kappa shape index (κ2) is 7.88. The first kappa shape index (κ1) is 15.6. The summed E-state index contributed by atoms with van der Waals surface area (Å²) in [6, 6.07) is 16.8. The minimum Gasteiger partial charge on any atom is -0.445 e. The van der Waals surface area contributed by atoms with E-state index in [-0.39, 0.29) is 12.6 Å². The lowest BCUT2D eigenvalue weighted by atomic mass is 10.0. The first-order valence-corrected chi connectivity index (χ1v) is 7.12. The highest BCUT2D eigenvalue weighted by atomic mass is 16.5. The van der Waals surface area contributed by atoms with Crippen molar-refractivity contribution in [3.05, 3.63) is 78.4 Å². The number of nitrogen functional groups attached to an aromatic ring is 1. The number of alkyl carbamates (subject to hydrolysis) is 1. The molecule has 0 saturated carbocycles. The summed E-state index contributed by atoms with van der Waals surface area (Å²) in [5.41, 5.74) is 8.32. The molecule has 0 aliphatic rings. The van der Waals surface area contributed by atoms with Crippen LogP contribution in [0.15, 0.2) is 67.3 Å². The Labute approximate surface area is 130 Å². The molecule has 1 atom stereocenters. The standard InChI is InChI=1S/C18H20N2O2/c1-2-7-17(15-10-6-11-16(19)12-15)20-18(21)22-13-14-8-4-3-5-9-14/h2-6,8-12,17H,1,7,13,19H2,(H,20,21)/t17-/m0/s1. The van der Waals surface area contributed by atoms with Crippen LogP contribution in [0.25, 0.3) is 0 Å². The molecule has 2 rings (SSSR count). The number of rotatable bonds is 6.